The van der Waals surface area contributed by atoms with Gasteiger partial charge in [0.25, 0.3) is 5.91 Å². The Hall–Kier alpha value is -4.23. The third kappa shape index (κ3) is 6.40. The van der Waals surface area contributed by atoms with Gasteiger partial charge in [-0.25, -0.2) is 4.39 Å². The zero-order valence-corrected chi connectivity index (χ0v) is 19.0. The van der Waals surface area contributed by atoms with Crippen LogP contribution in [0.4, 0.5) is 15.8 Å². The number of carbonyl (C=O) groups excluding carboxylic acids is 2. The third-order valence-electron chi connectivity index (χ3n) is 5.07. The Balaban J connectivity index is 0.000000202. The number of nitrogens with one attached hydrogen (secondary N) is 2. The van der Waals surface area contributed by atoms with Gasteiger partial charge < -0.3 is 21.1 Å². The van der Waals surface area contributed by atoms with Gasteiger partial charge in [-0.1, -0.05) is 30.3 Å². The number of ether oxygens (including phenoxy) is 1. The molecule has 0 atom stereocenters. The first-order valence-electron chi connectivity index (χ1n) is 10.6. The van der Waals surface area contributed by atoms with Crippen molar-refractivity contribution < 1.29 is 18.7 Å². The number of nitrogens with two attached hydrogens (primary N) is 1. The summed E-state index contributed by atoms with van der Waals surface area (Å²) in [5.74, 6) is 0.0635. The minimum Gasteiger partial charge on any atom is -0.497 e. The summed E-state index contributed by atoms with van der Waals surface area (Å²) in [5.41, 5.74) is 8.56. The van der Waals surface area contributed by atoms with E-state index in [2.05, 4.69) is 10.6 Å². The number of fused-ring (bicyclic) bond motifs is 1. The van der Waals surface area contributed by atoms with Gasteiger partial charge in [0.1, 0.15) is 17.9 Å². The Kier molecular flexibility index (Phi) is 8.32. The molecule has 0 aromatic heterocycles. The van der Waals surface area contributed by atoms with Crippen LogP contribution in [0.1, 0.15) is 26.3 Å². The molecule has 0 aliphatic carbocycles. The lowest BCUT2D eigenvalue weighted by atomic mass is 10.1. The van der Waals surface area contributed by atoms with Crippen molar-refractivity contribution in [1.29, 1.82) is 0 Å². The Morgan fingerprint density at radius 1 is 0.971 bits per heavy atom. The average Bonchev–Trinajstić information content (AvgIpc) is 2.86. The summed E-state index contributed by atoms with van der Waals surface area (Å²) < 4.78 is 18.2. The van der Waals surface area contributed by atoms with Crippen LogP contribution in [-0.2, 0) is 6.54 Å². The number of methoxy groups -OCH3 is 1. The van der Waals surface area contributed by atoms with Crippen molar-refractivity contribution in [3.8, 4) is 5.75 Å². The molecule has 0 unspecified atom stereocenters. The van der Waals surface area contributed by atoms with E-state index in [1.807, 2.05) is 49.5 Å². The number of aldehydes is 1. The molecule has 0 aliphatic rings. The highest BCUT2D eigenvalue weighted by Crippen LogP contribution is 2.21. The standard InChI is InChI=1S/C15H16FN3O.C12H10O2/c1-18-9-10-2-4-11(5-3-10)15(20)19-14-8-12(16)6-7-13(14)17;1-14-12-5-4-10-6-9(8-13)2-3-11(10)7-12/h2-8,18H,9,17H2,1H3,(H,19,20);2-8H,1H3. The maximum absolute atomic E-state index is 13.1. The number of anilines is 2. The van der Waals surface area contributed by atoms with Crippen molar-refractivity contribution in [3.05, 3.63) is 101 Å². The quantitative estimate of drug-likeness (QED) is 0.277. The van der Waals surface area contributed by atoms with Crippen LogP contribution in [0.25, 0.3) is 10.8 Å². The van der Waals surface area contributed by atoms with E-state index in [0.29, 0.717) is 16.8 Å². The van der Waals surface area contributed by atoms with Crippen molar-refractivity contribution in [3.63, 3.8) is 0 Å². The highest BCUT2D eigenvalue weighted by molar-refractivity contribution is 6.05. The number of benzene rings is 4. The molecule has 4 aromatic carbocycles. The topological polar surface area (TPSA) is 93.5 Å². The van der Waals surface area contributed by atoms with Gasteiger partial charge in [-0.3, -0.25) is 9.59 Å². The molecule has 0 bridgehead atoms. The maximum atomic E-state index is 13.1. The van der Waals surface area contributed by atoms with Crippen molar-refractivity contribution in [2.75, 3.05) is 25.2 Å². The van der Waals surface area contributed by atoms with E-state index in [4.69, 9.17) is 10.5 Å². The van der Waals surface area contributed by atoms with Crippen LogP contribution < -0.4 is 21.1 Å². The Labute approximate surface area is 197 Å². The van der Waals surface area contributed by atoms with E-state index >= 15 is 0 Å². The number of nitrogen functional groups attached to an aromatic ring is 1. The molecular formula is C27H26FN3O3. The predicted molar refractivity (Wildman–Crippen MR) is 134 cm³/mol. The number of carbonyl (C=O) groups is 2. The summed E-state index contributed by atoms with van der Waals surface area (Å²) in [5, 5.41) is 7.76. The van der Waals surface area contributed by atoms with Crippen LogP contribution in [0.15, 0.2) is 78.9 Å². The molecule has 1 amide bonds. The lowest BCUT2D eigenvalue weighted by Gasteiger charge is -2.09. The van der Waals surface area contributed by atoms with Crippen molar-refractivity contribution >= 4 is 34.3 Å². The fourth-order valence-electron chi connectivity index (χ4n) is 3.25. The van der Waals surface area contributed by atoms with Gasteiger partial charge in [0.05, 0.1) is 18.5 Å². The second-order valence-electron chi connectivity index (χ2n) is 7.50. The minimum absolute atomic E-state index is 0.273. The van der Waals surface area contributed by atoms with Gasteiger partial charge in [-0.2, -0.15) is 0 Å². The first kappa shape index (κ1) is 24.4. The van der Waals surface area contributed by atoms with Gasteiger partial charge in [0, 0.05) is 17.7 Å². The summed E-state index contributed by atoms with van der Waals surface area (Å²) in [6, 6.07) is 22.4. The molecule has 174 valence electrons. The molecule has 0 fully saturated rings. The molecule has 0 heterocycles. The lowest BCUT2D eigenvalue weighted by Crippen LogP contribution is -2.13. The fraction of sp³-hybridized carbons (Fsp3) is 0.111. The maximum Gasteiger partial charge on any atom is 0.255 e. The molecule has 4 rings (SSSR count). The number of hydrogen-bond acceptors (Lipinski definition) is 5. The molecule has 0 radical (unpaired) electrons. The molecule has 0 saturated heterocycles. The number of rotatable bonds is 6. The van der Waals surface area contributed by atoms with Crippen LogP contribution in [0.5, 0.6) is 5.75 Å². The molecule has 0 aliphatic heterocycles. The van der Waals surface area contributed by atoms with E-state index in [1.165, 1.54) is 18.2 Å². The molecule has 4 N–H and O–H groups in total. The Morgan fingerprint density at radius 3 is 2.35 bits per heavy atom. The van der Waals surface area contributed by atoms with E-state index in [1.54, 1.807) is 25.3 Å². The van der Waals surface area contributed by atoms with Crippen molar-refractivity contribution in [2.24, 2.45) is 0 Å². The van der Waals surface area contributed by atoms with Crippen molar-refractivity contribution in [1.82, 2.24) is 5.32 Å². The molecule has 0 spiro atoms. The summed E-state index contributed by atoms with van der Waals surface area (Å²) in [6.07, 6.45) is 0.851. The molecule has 0 saturated carbocycles. The van der Waals surface area contributed by atoms with E-state index in [9.17, 15) is 14.0 Å². The summed E-state index contributed by atoms with van der Waals surface area (Å²) in [4.78, 5) is 22.6. The zero-order chi connectivity index (χ0) is 24.5. The number of hydrogen-bond donors (Lipinski definition) is 3. The van der Waals surface area contributed by atoms with Crippen LogP contribution in [0, 0.1) is 5.82 Å². The SMILES string of the molecule is CNCc1ccc(C(=O)Nc2cc(F)ccc2N)cc1.COc1ccc2cc(C=O)ccc2c1. The number of amides is 1. The zero-order valence-electron chi connectivity index (χ0n) is 19.0. The summed E-state index contributed by atoms with van der Waals surface area (Å²) in [6.45, 7) is 0.735. The van der Waals surface area contributed by atoms with E-state index < -0.39 is 5.82 Å². The minimum atomic E-state index is -0.445. The highest BCUT2D eigenvalue weighted by atomic mass is 19.1. The normalized spacial score (nSPS) is 10.2. The predicted octanol–water partition coefficient (Wildman–Crippen LogP) is 5.04. The van der Waals surface area contributed by atoms with Gasteiger partial charge in [-0.15, -0.1) is 0 Å². The molecule has 6 nitrogen and oxygen atoms in total. The van der Waals surface area contributed by atoms with Crippen LogP contribution >= 0.6 is 0 Å². The third-order valence-corrected chi connectivity index (χ3v) is 5.07. The molecule has 4 aromatic rings. The van der Waals surface area contributed by atoms with Gasteiger partial charge in [0.15, 0.2) is 0 Å². The molecule has 34 heavy (non-hydrogen) atoms. The lowest BCUT2D eigenvalue weighted by molar-refractivity contribution is 0.102. The average molecular weight is 460 g/mol. The van der Waals surface area contributed by atoms with Crippen molar-refractivity contribution in [2.45, 2.75) is 6.54 Å². The monoisotopic (exact) mass is 459 g/mol. The first-order chi connectivity index (χ1) is 16.4. The van der Waals surface area contributed by atoms with Gasteiger partial charge >= 0.3 is 0 Å². The second-order valence-corrected chi connectivity index (χ2v) is 7.50. The number of halogens is 1. The largest absolute Gasteiger partial charge is 0.497 e. The summed E-state index contributed by atoms with van der Waals surface area (Å²) >= 11 is 0. The van der Waals surface area contributed by atoms with Gasteiger partial charge in [-0.05, 0) is 71.9 Å². The Morgan fingerprint density at radius 2 is 1.68 bits per heavy atom. The van der Waals surface area contributed by atoms with Gasteiger partial charge in [0.2, 0.25) is 0 Å². The Bertz CT molecular complexity index is 1290. The first-order valence-corrected chi connectivity index (χ1v) is 10.6. The van der Waals surface area contributed by atoms with E-state index in [-0.39, 0.29) is 11.6 Å². The van der Waals surface area contributed by atoms with Crippen LogP contribution in [0.3, 0.4) is 0 Å². The molecular weight excluding hydrogens is 433 g/mol. The smallest absolute Gasteiger partial charge is 0.255 e. The van der Waals surface area contributed by atoms with E-state index in [0.717, 1.165) is 34.9 Å². The fourth-order valence-corrected chi connectivity index (χ4v) is 3.25. The summed E-state index contributed by atoms with van der Waals surface area (Å²) in [7, 11) is 3.49. The second kappa shape index (κ2) is 11.6. The van der Waals surface area contributed by atoms with Crippen LogP contribution in [-0.4, -0.2) is 26.4 Å². The van der Waals surface area contributed by atoms with Crippen LogP contribution in [0.2, 0.25) is 0 Å². The molecule has 7 heteroatoms. The highest BCUT2D eigenvalue weighted by Gasteiger charge is 2.09.